The van der Waals surface area contributed by atoms with Gasteiger partial charge in [-0.25, -0.2) is 9.97 Å². The second-order valence-corrected chi connectivity index (χ2v) is 10.6. The molecule has 1 aromatic carbocycles. The van der Waals surface area contributed by atoms with Crippen LogP contribution in [0.25, 0.3) is 22.2 Å². The van der Waals surface area contributed by atoms with Gasteiger partial charge in [-0.2, -0.15) is 0 Å². The monoisotopic (exact) mass is 475 g/mol. The summed E-state index contributed by atoms with van der Waals surface area (Å²) in [6, 6.07) is 6.89. The minimum absolute atomic E-state index is 0.125. The summed E-state index contributed by atoms with van der Waals surface area (Å²) in [6.07, 6.45) is 8.60. The maximum absolute atomic E-state index is 12.6. The van der Waals surface area contributed by atoms with Crippen LogP contribution in [-0.4, -0.2) is 69.6 Å². The Labute approximate surface area is 205 Å². The lowest BCUT2D eigenvalue weighted by Gasteiger charge is -2.39. The van der Waals surface area contributed by atoms with Crippen LogP contribution in [0.3, 0.4) is 0 Å². The first kappa shape index (κ1) is 22.5. The number of fused-ring (bicyclic) bond motifs is 2. The lowest BCUT2D eigenvalue weighted by molar-refractivity contribution is 0.00791. The maximum atomic E-state index is 12.6. The van der Waals surface area contributed by atoms with Gasteiger partial charge >= 0.3 is 0 Å². The fraction of sp³-hybridized carbons (Fsp3) is 0.519. The highest BCUT2D eigenvalue weighted by Crippen LogP contribution is 2.39. The molecule has 2 fully saturated rings. The van der Waals surface area contributed by atoms with E-state index in [1.165, 1.54) is 12.8 Å². The molecule has 0 spiro atoms. The third kappa shape index (κ3) is 4.41. The Morgan fingerprint density at radius 2 is 1.89 bits per heavy atom. The van der Waals surface area contributed by atoms with E-state index in [2.05, 4.69) is 25.2 Å². The van der Waals surface area contributed by atoms with E-state index in [0.717, 1.165) is 67.1 Å². The molecule has 8 heteroatoms. The van der Waals surface area contributed by atoms with Crippen LogP contribution in [0, 0.1) is 0 Å². The number of aromatic amines is 1. The summed E-state index contributed by atoms with van der Waals surface area (Å²) < 4.78 is 11.7. The van der Waals surface area contributed by atoms with Crippen LogP contribution >= 0.6 is 0 Å². The second-order valence-electron chi connectivity index (χ2n) is 10.6. The van der Waals surface area contributed by atoms with E-state index >= 15 is 0 Å². The fourth-order valence-corrected chi connectivity index (χ4v) is 5.84. The summed E-state index contributed by atoms with van der Waals surface area (Å²) in [7, 11) is 0. The van der Waals surface area contributed by atoms with Crippen molar-refractivity contribution in [2.24, 2.45) is 0 Å². The molecule has 1 aliphatic carbocycles. The maximum Gasteiger partial charge on any atom is 0.170 e. The van der Waals surface area contributed by atoms with Crippen LogP contribution in [0.5, 0.6) is 5.75 Å². The van der Waals surface area contributed by atoms with Crippen molar-refractivity contribution in [3.63, 3.8) is 0 Å². The third-order valence-electron chi connectivity index (χ3n) is 7.64. The molecule has 0 bridgehead atoms. The van der Waals surface area contributed by atoms with Gasteiger partial charge in [-0.15, -0.1) is 0 Å². The minimum Gasteiger partial charge on any atom is -0.487 e. The molecule has 3 aromatic rings. The van der Waals surface area contributed by atoms with Crippen molar-refractivity contribution in [2.45, 2.75) is 63.6 Å². The number of Topliss-reactive ketones (excluding diaryl/α,β-unsaturated/α-hetero) is 1. The van der Waals surface area contributed by atoms with E-state index in [4.69, 9.17) is 9.47 Å². The molecule has 2 aliphatic heterocycles. The van der Waals surface area contributed by atoms with Crippen molar-refractivity contribution in [1.29, 1.82) is 0 Å². The molecule has 3 aliphatic rings. The summed E-state index contributed by atoms with van der Waals surface area (Å²) in [5.74, 6) is 1.63. The van der Waals surface area contributed by atoms with Crippen LogP contribution in [-0.2, 0) is 4.74 Å². The Hall–Kier alpha value is -2.97. The molecule has 0 atom stereocenters. The molecule has 1 saturated carbocycles. The van der Waals surface area contributed by atoms with Crippen LogP contribution in [0.2, 0.25) is 0 Å². The number of anilines is 1. The zero-order valence-electron chi connectivity index (χ0n) is 20.5. The Morgan fingerprint density at radius 3 is 2.69 bits per heavy atom. The lowest BCUT2D eigenvalue weighted by Crippen LogP contribution is -2.46. The van der Waals surface area contributed by atoms with Gasteiger partial charge in [-0.05, 0) is 57.2 Å². The number of carbonyl (C=O) groups excluding carboxylic acids is 1. The number of morpholine rings is 1. The number of carbonyl (C=O) groups is 1. The van der Waals surface area contributed by atoms with E-state index in [1.54, 1.807) is 6.33 Å². The Kier molecular flexibility index (Phi) is 5.73. The second kappa shape index (κ2) is 8.91. The third-order valence-corrected chi connectivity index (χ3v) is 7.64. The molecular formula is C27H33N5O3. The smallest absolute Gasteiger partial charge is 0.170 e. The normalized spacial score (nSPS) is 24.7. The van der Waals surface area contributed by atoms with Crippen molar-refractivity contribution in [2.75, 3.05) is 31.6 Å². The molecule has 0 amide bonds. The molecule has 4 heterocycles. The van der Waals surface area contributed by atoms with Gasteiger partial charge in [0.05, 0.1) is 30.6 Å². The highest BCUT2D eigenvalue weighted by molar-refractivity contribution is 6.04. The highest BCUT2D eigenvalue weighted by atomic mass is 16.5. The first-order chi connectivity index (χ1) is 17.0. The van der Waals surface area contributed by atoms with Crippen LogP contribution in [0.15, 0.2) is 30.7 Å². The molecule has 0 radical (unpaired) electrons. The van der Waals surface area contributed by atoms with Gasteiger partial charge in [0.1, 0.15) is 29.1 Å². The van der Waals surface area contributed by atoms with Crippen molar-refractivity contribution >= 4 is 22.6 Å². The number of nitrogens with one attached hydrogen (secondary N) is 2. The largest absolute Gasteiger partial charge is 0.487 e. The molecule has 2 N–H and O–H groups in total. The minimum atomic E-state index is -0.501. The molecule has 2 aromatic heterocycles. The zero-order valence-corrected chi connectivity index (χ0v) is 20.5. The molecule has 35 heavy (non-hydrogen) atoms. The van der Waals surface area contributed by atoms with Crippen molar-refractivity contribution in [3.05, 3.63) is 36.3 Å². The number of aromatic nitrogens is 3. The molecule has 1 saturated heterocycles. The number of nitrogens with zero attached hydrogens (tertiary/aromatic N) is 3. The fourth-order valence-electron chi connectivity index (χ4n) is 5.84. The summed E-state index contributed by atoms with van der Waals surface area (Å²) in [4.78, 5) is 27.6. The first-order valence-corrected chi connectivity index (χ1v) is 12.7. The highest BCUT2D eigenvalue weighted by Gasteiger charge is 2.33. The van der Waals surface area contributed by atoms with Crippen LogP contribution in [0.4, 0.5) is 5.82 Å². The topological polar surface area (TPSA) is 92.4 Å². The summed E-state index contributed by atoms with van der Waals surface area (Å²) >= 11 is 0. The van der Waals surface area contributed by atoms with Crippen LogP contribution < -0.4 is 10.1 Å². The van der Waals surface area contributed by atoms with E-state index in [-0.39, 0.29) is 5.78 Å². The van der Waals surface area contributed by atoms with E-state index in [1.807, 2.05) is 38.2 Å². The van der Waals surface area contributed by atoms with Gasteiger partial charge in [0, 0.05) is 36.9 Å². The number of hydrogen-bond donors (Lipinski definition) is 2. The number of hydrogen-bond acceptors (Lipinski definition) is 7. The standard InChI is InChI=1S/C27H33N5O3/c1-27(2)14-22(33)20-8-3-17(13-23(20)35-27)21-15-28-25-24(21)26(30-16-29-25)31-18-4-6-19(7-5-18)32-9-11-34-12-10-32/h3,8,13,15-16,18-19H,4-7,9-12,14H2,1-2H3,(H2,28,29,30,31)/t18-,19-. The van der Waals surface area contributed by atoms with Gasteiger partial charge in [0.15, 0.2) is 5.78 Å². The molecule has 8 nitrogen and oxygen atoms in total. The molecule has 6 rings (SSSR count). The van der Waals surface area contributed by atoms with Crippen molar-refractivity contribution in [3.8, 4) is 16.9 Å². The molecular weight excluding hydrogens is 442 g/mol. The summed E-state index contributed by atoms with van der Waals surface area (Å²) in [6.45, 7) is 7.72. The average Bonchev–Trinajstić information content (AvgIpc) is 3.29. The number of benzene rings is 1. The molecule has 184 valence electrons. The number of rotatable bonds is 4. The van der Waals surface area contributed by atoms with E-state index in [9.17, 15) is 4.79 Å². The zero-order chi connectivity index (χ0) is 24.0. The van der Waals surface area contributed by atoms with Crippen LogP contribution in [0.1, 0.15) is 56.3 Å². The molecule has 0 unspecified atom stereocenters. The predicted molar refractivity (Wildman–Crippen MR) is 135 cm³/mol. The van der Waals surface area contributed by atoms with Crippen molar-refractivity contribution < 1.29 is 14.3 Å². The van der Waals surface area contributed by atoms with Gasteiger partial charge in [0.2, 0.25) is 0 Å². The summed E-state index contributed by atoms with van der Waals surface area (Å²) in [5, 5.41) is 4.70. The summed E-state index contributed by atoms with van der Waals surface area (Å²) in [5.41, 5.74) is 2.94. The number of ether oxygens (including phenoxy) is 2. The predicted octanol–water partition coefficient (Wildman–Crippen LogP) is 4.42. The van der Waals surface area contributed by atoms with E-state index < -0.39 is 5.60 Å². The van der Waals surface area contributed by atoms with E-state index in [0.29, 0.717) is 29.8 Å². The Morgan fingerprint density at radius 1 is 1.09 bits per heavy atom. The number of ketones is 1. The van der Waals surface area contributed by atoms with Gasteiger partial charge in [0.25, 0.3) is 0 Å². The Balaban J connectivity index is 1.25. The first-order valence-electron chi connectivity index (χ1n) is 12.7. The van der Waals surface area contributed by atoms with Crippen molar-refractivity contribution in [1.82, 2.24) is 19.9 Å². The quantitative estimate of drug-likeness (QED) is 0.577. The SMILES string of the molecule is CC1(C)CC(=O)c2ccc(-c3c[nH]c4ncnc(N[C@H]5CC[C@H](N6CCOCC6)CC5)c34)cc2O1. The number of H-pyrrole nitrogens is 1. The van der Waals surface area contributed by atoms with Gasteiger partial charge in [-0.3, -0.25) is 9.69 Å². The van der Waals surface area contributed by atoms with Gasteiger partial charge < -0.3 is 19.8 Å². The Bertz CT molecular complexity index is 1240. The van der Waals surface area contributed by atoms with Gasteiger partial charge in [-0.1, -0.05) is 6.07 Å². The lowest BCUT2D eigenvalue weighted by atomic mass is 9.89. The average molecular weight is 476 g/mol.